The van der Waals surface area contributed by atoms with Crippen LogP contribution in [0.4, 0.5) is 0 Å². The number of amides is 1. The number of likely N-dealkylation sites (tertiary alicyclic amines) is 2. The number of hydrogen-bond donors (Lipinski definition) is 0. The summed E-state index contributed by atoms with van der Waals surface area (Å²) in [5.41, 5.74) is 0.936. The second-order valence-electron chi connectivity index (χ2n) is 7.81. The van der Waals surface area contributed by atoms with Gasteiger partial charge in [-0.05, 0) is 50.9 Å². The van der Waals surface area contributed by atoms with Crippen molar-refractivity contribution >= 4 is 21.8 Å². The van der Waals surface area contributed by atoms with Crippen molar-refractivity contribution in [2.24, 2.45) is 5.92 Å². The van der Waals surface area contributed by atoms with E-state index in [-0.39, 0.29) is 5.92 Å². The minimum atomic E-state index is 0.175. The molecule has 150 valence electrons. The van der Waals surface area contributed by atoms with Crippen LogP contribution >= 0.6 is 15.9 Å². The average Bonchev–Trinajstić information content (AvgIpc) is 3.00. The minimum Gasteiger partial charge on any atom is -0.342 e. The van der Waals surface area contributed by atoms with E-state index in [1.807, 2.05) is 24.3 Å². The minimum absolute atomic E-state index is 0.175. The number of carbonyl (C=O) groups is 1. The van der Waals surface area contributed by atoms with Crippen LogP contribution in [0.3, 0.4) is 0 Å². The Kier molecular flexibility index (Phi) is 6.42. The molecular weight excluding hydrogens is 420 g/mol. The van der Waals surface area contributed by atoms with Crippen LogP contribution in [0, 0.1) is 5.92 Å². The summed E-state index contributed by atoms with van der Waals surface area (Å²) in [6, 6.07) is 7.89. The van der Waals surface area contributed by atoms with Crippen molar-refractivity contribution in [1.82, 2.24) is 19.9 Å². The quantitative estimate of drug-likeness (QED) is 0.706. The molecule has 1 amide bonds. The first-order chi connectivity index (χ1) is 13.7. The number of halogens is 1. The largest absolute Gasteiger partial charge is 0.342 e. The zero-order valence-corrected chi connectivity index (χ0v) is 17.7. The standard InChI is InChI=1S/C21H27BrN4O2/c22-18-7-5-6-17(14-18)20-23-19(28-24-20)15-25-12-8-16(9-13-25)21(27)26-10-3-1-2-4-11-26/h5-7,14,16H,1-4,8-13,15H2. The third kappa shape index (κ3) is 4.81. The average molecular weight is 447 g/mol. The van der Waals surface area contributed by atoms with E-state index >= 15 is 0 Å². The molecule has 2 fully saturated rings. The molecule has 2 aromatic rings. The predicted octanol–water partition coefficient (Wildman–Crippen LogP) is 4.11. The van der Waals surface area contributed by atoms with Crippen LogP contribution in [-0.2, 0) is 11.3 Å². The lowest BCUT2D eigenvalue weighted by Gasteiger charge is -2.33. The maximum atomic E-state index is 12.8. The van der Waals surface area contributed by atoms with Gasteiger partial charge in [-0.15, -0.1) is 0 Å². The number of piperidine rings is 1. The molecule has 3 heterocycles. The van der Waals surface area contributed by atoms with Crippen LogP contribution in [0.1, 0.15) is 44.4 Å². The summed E-state index contributed by atoms with van der Waals surface area (Å²) < 4.78 is 6.44. The van der Waals surface area contributed by atoms with Crippen LogP contribution < -0.4 is 0 Å². The second kappa shape index (κ2) is 9.18. The molecule has 2 aliphatic rings. The highest BCUT2D eigenvalue weighted by molar-refractivity contribution is 9.10. The van der Waals surface area contributed by atoms with Gasteiger partial charge in [0.2, 0.25) is 17.6 Å². The Morgan fingerprint density at radius 2 is 1.86 bits per heavy atom. The van der Waals surface area contributed by atoms with Gasteiger partial charge in [-0.1, -0.05) is 46.1 Å². The summed E-state index contributed by atoms with van der Waals surface area (Å²) >= 11 is 3.47. The monoisotopic (exact) mass is 446 g/mol. The fraction of sp³-hybridized carbons (Fsp3) is 0.571. The van der Waals surface area contributed by atoms with Gasteiger partial charge in [-0.2, -0.15) is 4.98 Å². The molecule has 6 nitrogen and oxygen atoms in total. The number of carbonyl (C=O) groups excluding carboxylic acids is 1. The smallest absolute Gasteiger partial charge is 0.241 e. The lowest BCUT2D eigenvalue weighted by atomic mass is 9.95. The van der Waals surface area contributed by atoms with Crippen LogP contribution in [-0.4, -0.2) is 52.0 Å². The highest BCUT2D eigenvalue weighted by Crippen LogP contribution is 2.24. The molecule has 4 rings (SSSR count). The normalized spacial score (nSPS) is 19.5. The third-order valence-corrected chi connectivity index (χ3v) is 6.26. The SMILES string of the molecule is O=C(C1CCN(Cc2nc(-c3cccc(Br)c3)no2)CC1)N1CCCCCC1. The van der Waals surface area contributed by atoms with Gasteiger partial charge in [0.1, 0.15) is 0 Å². The molecule has 0 unspecified atom stereocenters. The van der Waals surface area contributed by atoms with Gasteiger partial charge in [0, 0.05) is 29.0 Å². The summed E-state index contributed by atoms with van der Waals surface area (Å²) in [5, 5.41) is 4.11. The van der Waals surface area contributed by atoms with Crippen molar-refractivity contribution in [3.63, 3.8) is 0 Å². The van der Waals surface area contributed by atoms with Crippen molar-refractivity contribution in [2.75, 3.05) is 26.2 Å². The predicted molar refractivity (Wildman–Crippen MR) is 110 cm³/mol. The first kappa shape index (κ1) is 19.6. The number of hydrogen-bond acceptors (Lipinski definition) is 5. The second-order valence-corrected chi connectivity index (χ2v) is 8.73. The molecule has 28 heavy (non-hydrogen) atoms. The molecule has 0 bridgehead atoms. The van der Waals surface area contributed by atoms with Crippen LogP contribution in [0.2, 0.25) is 0 Å². The van der Waals surface area contributed by atoms with Gasteiger partial charge in [0.15, 0.2) is 0 Å². The molecule has 7 heteroatoms. The molecule has 0 aliphatic carbocycles. The van der Waals surface area contributed by atoms with E-state index in [0.717, 1.165) is 61.9 Å². The first-order valence-electron chi connectivity index (χ1n) is 10.3. The first-order valence-corrected chi connectivity index (χ1v) is 11.1. The summed E-state index contributed by atoms with van der Waals surface area (Å²) in [7, 11) is 0. The Bertz CT molecular complexity index is 793. The van der Waals surface area contributed by atoms with E-state index in [0.29, 0.717) is 24.2 Å². The van der Waals surface area contributed by atoms with Gasteiger partial charge in [-0.3, -0.25) is 9.69 Å². The van der Waals surface area contributed by atoms with E-state index in [4.69, 9.17) is 4.52 Å². The topological polar surface area (TPSA) is 62.5 Å². The number of rotatable bonds is 4. The molecule has 0 atom stereocenters. The zero-order valence-electron chi connectivity index (χ0n) is 16.1. The van der Waals surface area contributed by atoms with Gasteiger partial charge in [-0.25, -0.2) is 0 Å². The maximum absolute atomic E-state index is 12.8. The fourth-order valence-electron chi connectivity index (χ4n) is 4.14. The molecular formula is C21H27BrN4O2. The van der Waals surface area contributed by atoms with E-state index in [1.165, 1.54) is 12.8 Å². The van der Waals surface area contributed by atoms with E-state index in [2.05, 4.69) is 35.9 Å². The van der Waals surface area contributed by atoms with Crippen LogP contribution in [0.25, 0.3) is 11.4 Å². The van der Waals surface area contributed by atoms with Crippen LogP contribution in [0.15, 0.2) is 33.3 Å². The molecule has 0 radical (unpaired) electrons. The lowest BCUT2D eigenvalue weighted by molar-refractivity contribution is -0.137. The van der Waals surface area contributed by atoms with Crippen molar-refractivity contribution in [3.05, 3.63) is 34.6 Å². The molecule has 1 aromatic carbocycles. The Hall–Kier alpha value is -1.73. The molecule has 1 aromatic heterocycles. The highest BCUT2D eigenvalue weighted by Gasteiger charge is 2.29. The molecule has 0 spiro atoms. The molecule has 0 N–H and O–H groups in total. The van der Waals surface area contributed by atoms with E-state index in [9.17, 15) is 4.79 Å². The fourth-order valence-corrected chi connectivity index (χ4v) is 4.54. The van der Waals surface area contributed by atoms with E-state index in [1.54, 1.807) is 0 Å². The highest BCUT2D eigenvalue weighted by atomic mass is 79.9. The third-order valence-electron chi connectivity index (χ3n) is 5.76. The molecule has 2 aliphatic heterocycles. The van der Waals surface area contributed by atoms with Crippen LogP contribution in [0.5, 0.6) is 0 Å². The summed E-state index contributed by atoms with van der Waals surface area (Å²) in [6.07, 6.45) is 6.66. The molecule has 0 saturated carbocycles. The summed E-state index contributed by atoms with van der Waals surface area (Å²) in [5.74, 6) is 1.79. The van der Waals surface area contributed by atoms with Gasteiger partial charge >= 0.3 is 0 Å². The van der Waals surface area contributed by atoms with E-state index < -0.39 is 0 Å². The Balaban J connectivity index is 1.29. The van der Waals surface area contributed by atoms with Gasteiger partial charge in [0.25, 0.3) is 0 Å². The Morgan fingerprint density at radius 3 is 2.57 bits per heavy atom. The lowest BCUT2D eigenvalue weighted by Crippen LogP contribution is -2.42. The van der Waals surface area contributed by atoms with Crippen molar-refractivity contribution in [1.29, 1.82) is 0 Å². The Morgan fingerprint density at radius 1 is 1.11 bits per heavy atom. The van der Waals surface area contributed by atoms with Crippen molar-refractivity contribution in [2.45, 2.75) is 45.1 Å². The summed E-state index contributed by atoms with van der Waals surface area (Å²) in [6.45, 7) is 4.34. The van der Waals surface area contributed by atoms with Crippen molar-refractivity contribution in [3.8, 4) is 11.4 Å². The van der Waals surface area contributed by atoms with Gasteiger partial charge in [0.05, 0.1) is 6.54 Å². The number of benzene rings is 1. The Labute approximate surface area is 174 Å². The van der Waals surface area contributed by atoms with Gasteiger partial charge < -0.3 is 9.42 Å². The molecule has 2 saturated heterocycles. The maximum Gasteiger partial charge on any atom is 0.241 e. The van der Waals surface area contributed by atoms with Crippen molar-refractivity contribution < 1.29 is 9.32 Å². The number of aromatic nitrogens is 2. The zero-order chi connectivity index (χ0) is 19.3. The number of nitrogens with zero attached hydrogens (tertiary/aromatic N) is 4. The summed E-state index contributed by atoms with van der Waals surface area (Å²) in [4.78, 5) is 21.8.